The molecule has 1 saturated heterocycles. The first-order chi connectivity index (χ1) is 17.1. The van der Waals surface area contributed by atoms with Gasteiger partial charge >= 0.3 is 0 Å². The van der Waals surface area contributed by atoms with Crippen LogP contribution in [-0.4, -0.2) is 42.2 Å². The van der Waals surface area contributed by atoms with Crippen LogP contribution in [0, 0.1) is 5.41 Å². The smallest absolute Gasteiger partial charge is 0.229 e. The van der Waals surface area contributed by atoms with Crippen molar-refractivity contribution in [1.29, 1.82) is 0 Å². The van der Waals surface area contributed by atoms with E-state index in [1.165, 1.54) is 6.20 Å². The fraction of sp³-hybridized carbons (Fsp3) is 0.346. The molecule has 1 aliphatic heterocycles. The number of hydrogen-bond donors (Lipinski definition) is 2. The zero-order valence-electron chi connectivity index (χ0n) is 20.2. The van der Waals surface area contributed by atoms with Crippen LogP contribution in [0.5, 0.6) is 0 Å². The van der Waals surface area contributed by atoms with Gasteiger partial charge in [-0.2, -0.15) is 4.98 Å². The second-order valence-electron chi connectivity index (χ2n) is 10.1. The number of ketones is 1. The molecule has 0 amide bonds. The number of aromatic nitrogens is 2. The molecule has 2 aliphatic rings. The fourth-order valence-electron chi connectivity index (χ4n) is 4.97. The third-order valence-corrected chi connectivity index (χ3v) is 9.08. The van der Waals surface area contributed by atoms with Gasteiger partial charge in [0, 0.05) is 42.3 Å². The Morgan fingerprint density at radius 3 is 2.42 bits per heavy atom. The lowest BCUT2D eigenvalue weighted by Crippen LogP contribution is -2.58. The number of anilines is 5. The minimum Gasteiger partial charge on any atom is -0.369 e. The minimum atomic E-state index is -2.50. The summed E-state index contributed by atoms with van der Waals surface area (Å²) < 4.78 is 12.7. The van der Waals surface area contributed by atoms with Gasteiger partial charge in [-0.3, -0.25) is 4.79 Å². The van der Waals surface area contributed by atoms with Gasteiger partial charge in [-0.15, -0.1) is 0 Å². The standard InChI is InChI=1S/C26H28Cl2N5O2P/c1-36(2,35)23-6-4-3-5-21(23)31-24-20(28)14-29-25(32-24)30-17-7-8-22(19(27)13-17)33-15-26(16-33)11-9-18(34)10-12-26/h3-8,13-14H,9-12,15-16H2,1-2H3,(H2,29,30,31,32). The summed E-state index contributed by atoms with van der Waals surface area (Å²) in [6.45, 7) is 5.33. The monoisotopic (exact) mass is 543 g/mol. The number of nitrogens with one attached hydrogen (secondary N) is 2. The number of benzene rings is 2. The van der Waals surface area contributed by atoms with E-state index in [4.69, 9.17) is 23.2 Å². The fourth-order valence-corrected chi connectivity index (χ4v) is 6.56. The van der Waals surface area contributed by atoms with Crippen molar-refractivity contribution >= 4 is 70.3 Å². The summed E-state index contributed by atoms with van der Waals surface area (Å²) in [7, 11) is -2.50. The van der Waals surface area contributed by atoms with Gasteiger partial charge in [0.2, 0.25) is 5.95 Å². The van der Waals surface area contributed by atoms with Crippen LogP contribution in [0.1, 0.15) is 25.7 Å². The normalized spacial score (nSPS) is 17.1. The molecule has 10 heteroatoms. The van der Waals surface area contributed by atoms with Gasteiger partial charge in [0.25, 0.3) is 0 Å². The zero-order chi connectivity index (χ0) is 25.5. The lowest BCUT2D eigenvalue weighted by atomic mass is 9.68. The first kappa shape index (κ1) is 25.1. The van der Waals surface area contributed by atoms with E-state index in [9.17, 15) is 9.36 Å². The number of hydrogen-bond acceptors (Lipinski definition) is 7. The van der Waals surface area contributed by atoms with Crippen LogP contribution < -0.4 is 20.8 Å². The first-order valence-corrected chi connectivity index (χ1v) is 15.3. The summed E-state index contributed by atoms with van der Waals surface area (Å²) in [5.41, 5.74) is 2.70. The molecular weight excluding hydrogens is 516 g/mol. The molecule has 2 N–H and O–H groups in total. The van der Waals surface area contributed by atoms with Crippen molar-refractivity contribution in [1.82, 2.24) is 9.97 Å². The van der Waals surface area contributed by atoms with Crippen molar-refractivity contribution in [2.75, 3.05) is 42.0 Å². The Labute approximate surface area is 221 Å². The van der Waals surface area contributed by atoms with Gasteiger partial charge in [0.15, 0.2) is 5.82 Å². The Morgan fingerprint density at radius 1 is 1.00 bits per heavy atom. The summed E-state index contributed by atoms with van der Waals surface area (Å²) in [6, 6.07) is 13.2. The van der Waals surface area contributed by atoms with E-state index in [-0.39, 0.29) is 5.41 Å². The van der Waals surface area contributed by atoms with E-state index in [1.807, 2.05) is 42.5 Å². The number of para-hydroxylation sites is 1. The molecule has 0 atom stereocenters. The maximum atomic E-state index is 12.7. The van der Waals surface area contributed by atoms with E-state index in [1.54, 1.807) is 13.3 Å². The molecule has 188 valence electrons. The molecule has 0 unspecified atom stereocenters. The number of rotatable bonds is 6. The third-order valence-electron chi connectivity index (χ3n) is 6.95. The molecule has 2 fully saturated rings. The SMILES string of the molecule is CP(C)(=O)c1ccccc1Nc1nc(Nc2ccc(N3CC4(CCC(=O)CC4)C3)c(Cl)c2)ncc1Cl. The molecule has 36 heavy (non-hydrogen) atoms. The van der Waals surface area contributed by atoms with Crippen LogP contribution in [0.25, 0.3) is 0 Å². The number of nitrogens with zero attached hydrogens (tertiary/aromatic N) is 3. The van der Waals surface area contributed by atoms with Gasteiger partial charge in [-0.25, -0.2) is 4.98 Å². The van der Waals surface area contributed by atoms with Crippen molar-refractivity contribution in [2.45, 2.75) is 25.7 Å². The number of halogens is 2. The summed E-state index contributed by atoms with van der Waals surface area (Å²) in [5.74, 6) is 1.15. The topological polar surface area (TPSA) is 87.2 Å². The summed E-state index contributed by atoms with van der Waals surface area (Å²) in [5, 5.41) is 8.12. The Kier molecular flexibility index (Phi) is 6.75. The van der Waals surface area contributed by atoms with Crippen molar-refractivity contribution in [3.8, 4) is 0 Å². The Morgan fingerprint density at radius 2 is 1.72 bits per heavy atom. The van der Waals surface area contributed by atoms with E-state index >= 15 is 0 Å². The Hall–Kier alpha value is -2.60. The molecule has 2 heterocycles. The highest BCUT2D eigenvalue weighted by atomic mass is 35.5. The Bertz CT molecular complexity index is 1360. The highest BCUT2D eigenvalue weighted by Gasteiger charge is 2.45. The van der Waals surface area contributed by atoms with Crippen LogP contribution in [0.4, 0.5) is 28.8 Å². The molecule has 2 aromatic carbocycles. The predicted molar refractivity (Wildman–Crippen MR) is 149 cm³/mol. The molecule has 1 saturated carbocycles. The van der Waals surface area contributed by atoms with Gasteiger partial charge in [-0.1, -0.05) is 35.3 Å². The maximum absolute atomic E-state index is 12.7. The maximum Gasteiger partial charge on any atom is 0.229 e. The molecule has 0 radical (unpaired) electrons. The lowest BCUT2D eigenvalue weighted by molar-refractivity contribution is -0.122. The van der Waals surface area contributed by atoms with Gasteiger partial charge in [0.05, 0.1) is 22.6 Å². The van der Waals surface area contributed by atoms with Crippen molar-refractivity contribution in [2.24, 2.45) is 5.41 Å². The van der Waals surface area contributed by atoms with E-state index in [2.05, 4.69) is 25.5 Å². The summed E-state index contributed by atoms with van der Waals surface area (Å²) in [6.07, 6.45) is 4.86. The molecule has 3 aromatic rings. The average Bonchev–Trinajstić information content (AvgIpc) is 2.81. The second kappa shape index (κ2) is 9.70. The quantitative estimate of drug-likeness (QED) is 0.344. The predicted octanol–water partition coefficient (Wildman–Crippen LogP) is 6.47. The van der Waals surface area contributed by atoms with Crippen LogP contribution in [0.2, 0.25) is 10.0 Å². The molecule has 1 aliphatic carbocycles. The van der Waals surface area contributed by atoms with Crippen LogP contribution in [-0.2, 0) is 9.36 Å². The summed E-state index contributed by atoms with van der Waals surface area (Å²) >= 11 is 13.0. The van der Waals surface area contributed by atoms with Crippen LogP contribution in [0.3, 0.4) is 0 Å². The largest absolute Gasteiger partial charge is 0.369 e. The second-order valence-corrected chi connectivity index (χ2v) is 14.1. The summed E-state index contributed by atoms with van der Waals surface area (Å²) in [4.78, 5) is 22.7. The molecule has 1 aromatic heterocycles. The van der Waals surface area contributed by atoms with Gasteiger partial charge in [0.1, 0.15) is 17.9 Å². The highest BCUT2D eigenvalue weighted by molar-refractivity contribution is 7.70. The zero-order valence-corrected chi connectivity index (χ0v) is 22.6. The van der Waals surface area contributed by atoms with Gasteiger partial charge in [-0.05, 0) is 56.5 Å². The van der Waals surface area contributed by atoms with E-state index in [0.717, 1.165) is 42.6 Å². The molecule has 7 nitrogen and oxygen atoms in total. The van der Waals surface area contributed by atoms with Crippen LogP contribution >= 0.6 is 30.3 Å². The van der Waals surface area contributed by atoms with Crippen molar-refractivity contribution in [3.63, 3.8) is 0 Å². The molecule has 5 rings (SSSR count). The van der Waals surface area contributed by atoms with E-state index in [0.29, 0.717) is 46.1 Å². The van der Waals surface area contributed by atoms with Gasteiger partial charge < -0.3 is 20.1 Å². The van der Waals surface area contributed by atoms with Crippen molar-refractivity contribution in [3.05, 3.63) is 58.7 Å². The molecule has 0 bridgehead atoms. The number of carbonyl (C=O) groups is 1. The molecule has 1 spiro atoms. The van der Waals surface area contributed by atoms with E-state index < -0.39 is 7.14 Å². The average molecular weight is 544 g/mol. The first-order valence-electron chi connectivity index (χ1n) is 11.9. The Balaban J connectivity index is 1.29. The lowest BCUT2D eigenvalue weighted by Gasteiger charge is -2.53. The van der Waals surface area contributed by atoms with Crippen LogP contribution in [0.15, 0.2) is 48.7 Å². The third kappa shape index (κ3) is 5.24. The van der Waals surface area contributed by atoms with Crippen molar-refractivity contribution < 1.29 is 9.36 Å². The number of Topliss-reactive ketones (excluding diaryl/α,β-unsaturated/α-hetero) is 1. The highest BCUT2D eigenvalue weighted by Crippen LogP contribution is 2.46. The molecular formula is C26H28Cl2N5O2P. The minimum absolute atomic E-state index is 0.261. The number of carbonyl (C=O) groups excluding carboxylic acids is 1.